The van der Waals surface area contributed by atoms with Gasteiger partial charge in [0.15, 0.2) is 0 Å². The Morgan fingerprint density at radius 1 is 1.11 bits per heavy atom. The predicted octanol–water partition coefficient (Wildman–Crippen LogP) is 3.17. The highest BCUT2D eigenvalue weighted by molar-refractivity contribution is 5.75. The first-order valence-electron chi connectivity index (χ1n) is 5.76. The summed E-state index contributed by atoms with van der Waals surface area (Å²) in [5.74, 6) is -0.926. The summed E-state index contributed by atoms with van der Waals surface area (Å²) in [6.07, 6.45) is 0. The molecule has 19 heavy (non-hydrogen) atoms. The lowest BCUT2D eigenvalue weighted by atomic mass is 10.1. The molecule has 96 valence electrons. The smallest absolute Gasteiger partial charge is 0.139 e. The number of rotatable bonds is 1. The maximum Gasteiger partial charge on any atom is 0.139 e. The van der Waals surface area contributed by atoms with Gasteiger partial charge in [0, 0.05) is 17.3 Å². The lowest BCUT2D eigenvalue weighted by molar-refractivity contribution is 0.584. The van der Waals surface area contributed by atoms with Crippen molar-refractivity contribution in [2.24, 2.45) is 0 Å². The molecule has 0 aliphatic heterocycles. The van der Waals surface area contributed by atoms with Crippen LogP contribution >= 0.6 is 0 Å². The second-order valence-corrected chi connectivity index (χ2v) is 4.36. The molecule has 1 aromatic carbocycles. The SMILES string of the molecule is Cc1cccc2nc(-c3cc(F)cc(F)c3)c(N)n12. The van der Waals surface area contributed by atoms with Gasteiger partial charge < -0.3 is 5.73 Å². The van der Waals surface area contributed by atoms with Crippen LogP contribution in [0.5, 0.6) is 0 Å². The molecule has 5 heteroatoms. The van der Waals surface area contributed by atoms with Gasteiger partial charge in [0.05, 0.1) is 0 Å². The van der Waals surface area contributed by atoms with Gasteiger partial charge in [-0.05, 0) is 31.2 Å². The zero-order chi connectivity index (χ0) is 13.6. The van der Waals surface area contributed by atoms with Gasteiger partial charge in [-0.3, -0.25) is 4.40 Å². The van der Waals surface area contributed by atoms with E-state index in [1.54, 1.807) is 10.5 Å². The Bertz CT molecular complexity index is 757. The monoisotopic (exact) mass is 259 g/mol. The minimum absolute atomic E-state index is 0.332. The molecule has 0 spiro atoms. The summed E-state index contributed by atoms with van der Waals surface area (Å²) in [7, 11) is 0. The molecular weight excluding hydrogens is 248 g/mol. The van der Waals surface area contributed by atoms with Crippen molar-refractivity contribution in [3.05, 3.63) is 53.7 Å². The predicted molar refractivity (Wildman–Crippen MR) is 69.7 cm³/mol. The standard InChI is InChI=1S/C14H11F2N3/c1-8-3-2-4-12-18-13(14(17)19(8)12)9-5-10(15)7-11(16)6-9/h2-7H,17H2,1H3. The van der Waals surface area contributed by atoms with E-state index in [0.29, 0.717) is 22.7 Å². The first kappa shape index (κ1) is 11.6. The molecule has 0 saturated carbocycles. The van der Waals surface area contributed by atoms with Gasteiger partial charge in [0.1, 0.15) is 28.8 Å². The molecule has 0 saturated heterocycles. The molecule has 2 N–H and O–H groups in total. The lowest BCUT2D eigenvalue weighted by Gasteiger charge is -2.02. The van der Waals surface area contributed by atoms with Crippen molar-refractivity contribution in [1.29, 1.82) is 0 Å². The van der Waals surface area contributed by atoms with E-state index in [1.165, 1.54) is 12.1 Å². The van der Waals surface area contributed by atoms with Crippen LogP contribution in [0.4, 0.5) is 14.6 Å². The molecular formula is C14H11F2N3. The summed E-state index contributed by atoms with van der Waals surface area (Å²) in [5, 5.41) is 0. The Hall–Kier alpha value is -2.43. The minimum atomic E-state index is -0.650. The average molecular weight is 259 g/mol. The molecule has 0 atom stereocenters. The summed E-state index contributed by atoms with van der Waals surface area (Å²) in [6.45, 7) is 1.89. The number of anilines is 1. The van der Waals surface area contributed by atoms with Crippen LogP contribution in [0.15, 0.2) is 36.4 Å². The van der Waals surface area contributed by atoms with Crippen molar-refractivity contribution in [3.63, 3.8) is 0 Å². The van der Waals surface area contributed by atoms with E-state index in [9.17, 15) is 8.78 Å². The van der Waals surface area contributed by atoms with E-state index in [0.717, 1.165) is 11.8 Å². The third kappa shape index (κ3) is 1.83. The molecule has 0 unspecified atom stereocenters. The fourth-order valence-electron chi connectivity index (χ4n) is 2.18. The third-order valence-electron chi connectivity index (χ3n) is 3.01. The second kappa shape index (κ2) is 4.05. The topological polar surface area (TPSA) is 43.3 Å². The second-order valence-electron chi connectivity index (χ2n) is 4.36. The number of fused-ring (bicyclic) bond motifs is 1. The molecule has 0 radical (unpaired) electrons. The minimum Gasteiger partial charge on any atom is -0.383 e. The molecule has 3 rings (SSSR count). The van der Waals surface area contributed by atoms with E-state index in [-0.39, 0.29) is 0 Å². The van der Waals surface area contributed by atoms with Gasteiger partial charge in [-0.1, -0.05) is 6.07 Å². The van der Waals surface area contributed by atoms with Gasteiger partial charge in [-0.2, -0.15) is 0 Å². The summed E-state index contributed by atoms with van der Waals surface area (Å²) >= 11 is 0. The number of hydrogen-bond acceptors (Lipinski definition) is 2. The summed E-state index contributed by atoms with van der Waals surface area (Å²) in [5.41, 5.74) is 8.30. The van der Waals surface area contributed by atoms with E-state index < -0.39 is 11.6 Å². The van der Waals surface area contributed by atoms with E-state index in [1.807, 2.05) is 19.1 Å². The number of nitrogens with zero attached hydrogens (tertiary/aromatic N) is 2. The average Bonchev–Trinajstić information content (AvgIpc) is 2.67. The largest absolute Gasteiger partial charge is 0.383 e. The molecule has 0 fully saturated rings. The number of pyridine rings is 1. The first-order chi connectivity index (χ1) is 9.06. The highest BCUT2D eigenvalue weighted by Gasteiger charge is 2.14. The maximum atomic E-state index is 13.3. The Morgan fingerprint density at radius 3 is 2.42 bits per heavy atom. The fraction of sp³-hybridized carbons (Fsp3) is 0.0714. The molecule has 2 aromatic heterocycles. The highest BCUT2D eigenvalue weighted by Crippen LogP contribution is 2.28. The van der Waals surface area contributed by atoms with Gasteiger partial charge in [0.2, 0.25) is 0 Å². The van der Waals surface area contributed by atoms with Crippen molar-refractivity contribution < 1.29 is 8.78 Å². The van der Waals surface area contributed by atoms with Crippen LogP contribution in [0.1, 0.15) is 5.69 Å². The Balaban J connectivity index is 2.31. The van der Waals surface area contributed by atoms with Crippen molar-refractivity contribution in [1.82, 2.24) is 9.38 Å². The van der Waals surface area contributed by atoms with Crippen LogP contribution in [0.25, 0.3) is 16.9 Å². The maximum absolute atomic E-state index is 13.3. The van der Waals surface area contributed by atoms with Gasteiger partial charge in [-0.15, -0.1) is 0 Å². The Labute approximate surface area is 108 Å². The summed E-state index contributed by atoms with van der Waals surface area (Å²) in [4.78, 5) is 4.33. The number of hydrogen-bond donors (Lipinski definition) is 1. The van der Waals surface area contributed by atoms with Crippen LogP contribution in [-0.2, 0) is 0 Å². The molecule has 0 aliphatic rings. The van der Waals surface area contributed by atoms with E-state index >= 15 is 0 Å². The first-order valence-corrected chi connectivity index (χ1v) is 5.76. The summed E-state index contributed by atoms with van der Waals surface area (Å²) in [6, 6.07) is 8.80. The van der Waals surface area contributed by atoms with Crippen LogP contribution in [0.3, 0.4) is 0 Å². The molecule has 2 heterocycles. The van der Waals surface area contributed by atoms with Gasteiger partial charge in [-0.25, -0.2) is 13.8 Å². The number of aromatic nitrogens is 2. The third-order valence-corrected chi connectivity index (χ3v) is 3.01. The number of nitrogens with two attached hydrogens (primary N) is 1. The quantitative estimate of drug-likeness (QED) is 0.729. The number of nitrogen functional groups attached to an aromatic ring is 1. The zero-order valence-electron chi connectivity index (χ0n) is 10.2. The van der Waals surface area contributed by atoms with Gasteiger partial charge in [0.25, 0.3) is 0 Å². The van der Waals surface area contributed by atoms with Crippen molar-refractivity contribution >= 4 is 11.5 Å². The van der Waals surface area contributed by atoms with E-state index in [2.05, 4.69) is 4.98 Å². The van der Waals surface area contributed by atoms with Crippen molar-refractivity contribution in [2.75, 3.05) is 5.73 Å². The van der Waals surface area contributed by atoms with Crippen LogP contribution in [-0.4, -0.2) is 9.38 Å². The molecule has 0 amide bonds. The normalized spacial score (nSPS) is 11.1. The summed E-state index contributed by atoms with van der Waals surface area (Å²) < 4.78 is 28.3. The zero-order valence-corrected chi connectivity index (χ0v) is 10.2. The van der Waals surface area contributed by atoms with Crippen molar-refractivity contribution in [2.45, 2.75) is 6.92 Å². The highest BCUT2D eigenvalue weighted by atomic mass is 19.1. The molecule has 0 aliphatic carbocycles. The molecule has 0 bridgehead atoms. The molecule has 3 nitrogen and oxygen atoms in total. The van der Waals surface area contributed by atoms with Gasteiger partial charge >= 0.3 is 0 Å². The van der Waals surface area contributed by atoms with E-state index in [4.69, 9.17) is 5.73 Å². The van der Waals surface area contributed by atoms with Crippen LogP contribution in [0.2, 0.25) is 0 Å². The van der Waals surface area contributed by atoms with Crippen LogP contribution in [0, 0.1) is 18.6 Å². The number of imidazole rings is 1. The van der Waals surface area contributed by atoms with Crippen molar-refractivity contribution in [3.8, 4) is 11.3 Å². The van der Waals surface area contributed by atoms with Crippen LogP contribution < -0.4 is 5.73 Å². The fourth-order valence-corrected chi connectivity index (χ4v) is 2.18. The number of halogens is 2. The Kier molecular flexibility index (Phi) is 2.48. The number of aryl methyl sites for hydroxylation is 1. The Morgan fingerprint density at radius 2 is 1.79 bits per heavy atom. The number of benzene rings is 1. The lowest BCUT2D eigenvalue weighted by Crippen LogP contribution is -1.97. The molecule has 3 aromatic rings.